The standard InChI is InChI=1S/C12H18N2O2S2/c1-14-5-6-17-8-10(14)12-13-9(7-18-12)3-4-11(15)16-2/h7,10H,3-6,8H2,1-2H3. The number of carbonyl (C=O) groups excluding carboxylic acids is 1. The quantitative estimate of drug-likeness (QED) is 0.792. The van der Waals surface area contributed by atoms with Crippen molar-refractivity contribution in [1.82, 2.24) is 9.88 Å². The number of esters is 1. The lowest BCUT2D eigenvalue weighted by Crippen LogP contribution is -2.32. The van der Waals surface area contributed by atoms with E-state index in [-0.39, 0.29) is 5.97 Å². The van der Waals surface area contributed by atoms with E-state index in [1.807, 2.05) is 11.8 Å². The summed E-state index contributed by atoms with van der Waals surface area (Å²) in [5.41, 5.74) is 1.00. The summed E-state index contributed by atoms with van der Waals surface area (Å²) >= 11 is 3.68. The van der Waals surface area contributed by atoms with E-state index in [9.17, 15) is 4.79 Å². The van der Waals surface area contributed by atoms with Gasteiger partial charge >= 0.3 is 5.97 Å². The highest BCUT2D eigenvalue weighted by atomic mass is 32.2. The molecule has 1 aromatic rings. The van der Waals surface area contributed by atoms with Crippen molar-refractivity contribution < 1.29 is 9.53 Å². The molecule has 0 spiro atoms. The Kier molecular flexibility index (Phi) is 5.03. The van der Waals surface area contributed by atoms with E-state index in [0.29, 0.717) is 18.9 Å². The molecule has 0 bridgehead atoms. The number of nitrogens with zero attached hydrogens (tertiary/aromatic N) is 2. The zero-order chi connectivity index (χ0) is 13.0. The molecular weight excluding hydrogens is 268 g/mol. The van der Waals surface area contributed by atoms with Gasteiger partial charge in [-0.15, -0.1) is 11.3 Å². The Bertz CT molecular complexity index is 409. The number of ether oxygens (including phenoxy) is 1. The van der Waals surface area contributed by atoms with Crippen LogP contribution in [-0.4, -0.2) is 48.1 Å². The van der Waals surface area contributed by atoms with Gasteiger partial charge in [0.2, 0.25) is 0 Å². The SMILES string of the molecule is COC(=O)CCc1csc(C2CSCCN2C)n1. The number of hydrogen-bond donors (Lipinski definition) is 0. The largest absolute Gasteiger partial charge is 0.469 e. The van der Waals surface area contributed by atoms with Crippen LogP contribution < -0.4 is 0 Å². The number of thioether (sulfide) groups is 1. The number of methoxy groups -OCH3 is 1. The molecule has 2 heterocycles. The molecule has 18 heavy (non-hydrogen) atoms. The van der Waals surface area contributed by atoms with Gasteiger partial charge in [-0.05, 0) is 7.05 Å². The molecule has 2 rings (SSSR count). The fourth-order valence-electron chi connectivity index (χ4n) is 1.87. The van der Waals surface area contributed by atoms with Crippen molar-refractivity contribution in [2.24, 2.45) is 0 Å². The fourth-order valence-corrected chi connectivity index (χ4v) is 4.21. The lowest BCUT2D eigenvalue weighted by atomic mass is 10.2. The molecule has 1 saturated heterocycles. The van der Waals surface area contributed by atoms with Gasteiger partial charge in [0.1, 0.15) is 5.01 Å². The lowest BCUT2D eigenvalue weighted by Gasteiger charge is -2.30. The predicted molar refractivity (Wildman–Crippen MR) is 75.1 cm³/mol. The highest BCUT2D eigenvalue weighted by Gasteiger charge is 2.23. The number of thiazole rings is 1. The van der Waals surface area contributed by atoms with Crippen LogP contribution in [0.1, 0.15) is 23.2 Å². The first-order chi connectivity index (χ1) is 8.70. The van der Waals surface area contributed by atoms with E-state index in [4.69, 9.17) is 0 Å². The summed E-state index contributed by atoms with van der Waals surface area (Å²) in [7, 11) is 3.57. The normalized spacial score (nSPS) is 20.9. The molecule has 1 fully saturated rings. The Morgan fingerprint density at radius 3 is 3.22 bits per heavy atom. The van der Waals surface area contributed by atoms with Crippen molar-refractivity contribution >= 4 is 29.1 Å². The Morgan fingerprint density at radius 1 is 1.67 bits per heavy atom. The summed E-state index contributed by atoms with van der Waals surface area (Å²) in [6.45, 7) is 1.12. The van der Waals surface area contributed by atoms with Crippen LogP contribution in [0.15, 0.2) is 5.38 Å². The van der Waals surface area contributed by atoms with Crippen molar-refractivity contribution in [3.63, 3.8) is 0 Å². The van der Waals surface area contributed by atoms with E-state index < -0.39 is 0 Å². The predicted octanol–water partition coefficient (Wildman–Crippen LogP) is 1.97. The molecule has 0 aromatic carbocycles. The molecule has 0 saturated carbocycles. The summed E-state index contributed by atoms with van der Waals surface area (Å²) in [5.74, 6) is 2.14. The van der Waals surface area contributed by atoms with Gasteiger partial charge in [-0.2, -0.15) is 11.8 Å². The highest BCUT2D eigenvalue weighted by molar-refractivity contribution is 7.99. The van der Waals surface area contributed by atoms with Crippen LogP contribution in [0.25, 0.3) is 0 Å². The maximum absolute atomic E-state index is 11.1. The van der Waals surface area contributed by atoms with E-state index in [1.54, 1.807) is 11.3 Å². The van der Waals surface area contributed by atoms with Crippen molar-refractivity contribution in [3.8, 4) is 0 Å². The van der Waals surface area contributed by atoms with Crippen LogP contribution >= 0.6 is 23.1 Å². The van der Waals surface area contributed by atoms with Crippen LogP contribution in [0.4, 0.5) is 0 Å². The van der Waals surface area contributed by atoms with E-state index in [0.717, 1.165) is 18.0 Å². The van der Waals surface area contributed by atoms with Gasteiger partial charge in [-0.25, -0.2) is 4.98 Å². The van der Waals surface area contributed by atoms with Crippen LogP contribution in [0, 0.1) is 0 Å². The van der Waals surface area contributed by atoms with Gasteiger partial charge in [0.25, 0.3) is 0 Å². The third-order valence-corrected chi connectivity index (χ3v) is 5.08. The van der Waals surface area contributed by atoms with Crippen LogP contribution in [0.5, 0.6) is 0 Å². The zero-order valence-corrected chi connectivity index (χ0v) is 12.4. The molecule has 1 atom stereocenters. The van der Waals surface area contributed by atoms with Crippen molar-refractivity contribution in [2.75, 3.05) is 32.2 Å². The number of aryl methyl sites for hydroxylation is 1. The summed E-state index contributed by atoms with van der Waals surface area (Å²) in [5, 5.41) is 3.23. The van der Waals surface area contributed by atoms with Gasteiger partial charge in [0.15, 0.2) is 0 Å². The lowest BCUT2D eigenvalue weighted by molar-refractivity contribution is -0.140. The monoisotopic (exact) mass is 286 g/mol. The topological polar surface area (TPSA) is 42.4 Å². The molecule has 1 unspecified atom stereocenters. The van der Waals surface area contributed by atoms with E-state index in [2.05, 4.69) is 27.0 Å². The molecule has 1 aliphatic rings. The molecule has 1 aromatic heterocycles. The Hall–Kier alpha value is -0.590. The number of rotatable bonds is 4. The Morgan fingerprint density at radius 2 is 2.50 bits per heavy atom. The van der Waals surface area contributed by atoms with E-state index in [1.165, 1.54) is 17.9 Å². The Labute approximate surface area is 116 Å². The fraction of sp³-hybridized carbons (Fsp3) is 0.667. The van der Waals surface area contributed by atoms with Gasteiger partial charge in [-0.1, -0.05) is 0 Å². The molecule has 0 N–H and O–H groups in total. The molecular formula is C12H18N2O2S2. The van der Waals surface area contributed by atoms with Gasteiger partial charge in [-0.3, -0.25) is 9.69 Å². The maximum atomic E-state index is 11.1. The van der Waals surface area contributed by atoms with Crippen LogP contribution in [0.3, 0.4) is 0 Å². The number of aromatic nitrogens is 1. The minimum Gasteiger partial charge on any atom is -0.469 e. The Balaban J connectivity index is 1.94. The van der Waals surface area contributed by atoms with Crippen LogP contribution in [-0.2, 0) is 16.0 Å². The average molecular weight is 286 g/mol. The van der Waals surface area contributed by atoms with Crippen molar-refractivity contribution in [3.05, 3.63) is 16.1 Å². The molecule has 0 amide bonds. The zero-order valence-electron chi connectivity index (χ0n) is 10.7. The second kappa shape index (κ2) is 6.54. The third kappa shape index (κ3) is 3.46. The molecule has 6 heteroatoms. The first kappa shape index (κ1) is 13.8. The van der Waals surface area contributed by atoms with Gasteiger partial charge in [0, 0.05) is 29.9 Å². The number of carbonyl (C=O) groups is 1. The molecule has 0 aliphatic carbocycles. The molecule has 1 aliphatic heterocycles. The van der Waals surface area contributed by atoms with Gasteiger partial charge in [0.05, 0.1) is 25.3 Å². The van der Waals surface area contributed by atoms with Crippen molar-refractivity contribution in [1.29, 1.82) is 0 Å². The van der Waals surface area contributed by atoms with Crippen LogP contribution in [0.2, 0.25) is 0 Å². The smallest absolute Gasteiger partial charge is 0.305 e. The minimum absolute atomic E-state index is 0.171. The van der Waals surface area contributed by atoms with E-state index >= 15 is 0 Å². The summed E-state index contributed by atoms with van der Waals surface area (Å²) in [4.78, 5) is 18.1. The summed E-state index contributed by atoms with van der Waals surface area (Å²) in [6, 6.07) is 0.431. The summed E-state index contributed by atoms with van der Waals surface area (Å²) < 4.78 is 4.64. The minimum atomic E-state index is -0.171. The third-order valence-electron chi connectivity index (χ3n) is 3.06. The molecule has 0 radical (unpaired) electrons. The second-order valence-corrected chi connectivity index (χ2v) is 6.36. The average Bonchev–Trinajstić information content (AvgIpc) is 2.85. The number of hydrogen-bond acceptors (Lipinski definition) is 6. The molecule has 4 nitrogen and oxygen atoms in total. The first-order valence-corrected chi connectivity index (χ1v) is 8.03. The highest BCUT2D eigenvalue weighted by Crippen LogP contribution is 2.30. The van der Waals surface area contributed by atoms with Crippen molar-refractivity contribution in [2.45, 2.75) is 18.9 Å². The summed E-state index contributed by atoms with van der Waals surface area (Å²) in [6.07, 6.45) is 1.08. The second-order valence-electron chi connectivity index (χ2n) is 4.32. The molecule has 100 valence electrons. The first-order valence-electron chi connectivity index (χ1n) is 6.00. The van der Waals surface area contributed by atoms with Gasteiger partial charge < -0.3 is 4.74 Å². The maximum Gasteiger partial charge on any atom is 0.305 e.